The Bertz CT molecular complexity index is 499. The molecule has 0 aromatic carbocycles. The number of hydrogen-bond donors (Lipinski definition) is 2. The Morgan fingerprint density at radius 1 is 1.18 bits per heavy atom. The second kappa shape index (κ2) is 4.70. The maximum atomic E-state index is 12.7. The summed E-state index contributed by atoms with van der Waals surface area (Å²) in [5.74, 6) is 0.418. The monoisotopic (exact) mass is 307 g/mol. The lowest BCUT2D eigenvalue weighted by Gasteiger charge is -2.58. The standard InChI is InChI=1S/C17H25NO4/c1-10(14(19)18-13-2-3-13)22-15(20)16-5-11-4-12(6-16)8-17(21,7-11)9-16/h10-13,21H,2-9H2,1H3,(H,18,19)/t10-,11-,12+,16?,17?/m1/s1. The highest BCUT2D eigenvalue weighted by Gasteiger charge is 2.61. The molecule has 5 saturated carbocycles. The van der Waals surface area contributed by atoms with Crippen LogP contribution in [-0.4, -0.2) is 34.7 Å². The van der Waals surface area contributed by atoms with Crippen LogP contribution in [0.25, 0.3) is 0 Å². The summed E-state index contributed by atoms with van der Waals surface area (Å²) in [4.78, 5) is 24.7. The highest BCUT2D eigenvalue weighted by molar-refractivity contribution is 5.85. The van der Waals surface area contributed by atoms with Gasteiger partial charge in [-0.25, -0.2) is 0 Å². The minimum absolute atomic E-state index is 0.195. The van der Waals surface area contributed by atoms with Crippen molar-refractivity contribution in [1.82, 2.24) is 5.32 Å². The fraction of sp³-hybridized carbons (Fsp3) is 0.882. The zero-order valence-electron chi connectivity index (χ0n) is 13.1. The van der Waals surface area contributed by atoms with E-state index in [1.165, 1.54) is 0 Å². The zero-order valence-corrected chi connectivity index (χ0v) is 13.1. The van der Waals surface area contributed by atoms with Crippen molar-refractivity contribution >= 4 is 11.9 Å². The number of hydrogen-bond acceptors (Lipinski definition) is 4. The van der Waals surface area contributed by atoms with Crippen molar-refractivity contribution in [1.29, 1.82) is 0 Å². The van der Waals surface area contributed by atoms with Gasteiger partial charge in [0, 0.05) is 6.04 Å². The molecule has 5 aliphatic carbocycles. The molecule has 0 aliphatic heterocycles. The second-order valence-electron chi connectivity index (χ2n) is 8.30. The molecule has 0 saturated heterocycles. The Hall–Kier alpha value is -1.10. The van der Waals surface area contributed by atoms with Crippen molar-refractivity contribution < 1.29 is 19.4 Å². The molecule has 122 valence electrons. The third-order valence-corrected chi connectivity index (χ3v) is 6.04. The summed E-state index contributed by atoms with van der Waals surface area (Å²) in [5.41, 5.74) is -1.23. The van der Waals surface area contributed by atoms with E-state index in [0.717, 1.165) is 44.9 Å². The maximum absolute atomic E-state index is 12.7. The van der Waals surface area contributed by atoms with E-state index in [-0.39, 0.29) is 17.9 Å². The summed E-state index contributed by atoms with van der Waals surface area (Å²) in [6, 6.07) is 0.272. The van der Waals surface area contributed by atoms with Crippen LogP contribution in [0.15, 0.2) is 0 Å². The quantitative estimate of drug-likeness (QED) is 0.772. The van der Waals surface area contributed by atoms with Gasteiger partial charge in [0.1, 0.15) is 0 Å². The van der Waals surface area contributed by atoms with Crippen LogP contribution in [0.5, 0.6) is 0 Å². The van der Waals surface area contributed by atoms with Crippen LogP contribution in [0.3, 0.4) is 0 Å². The van der Waals surface area contributed by atoms with E-state index in [9.17, 15) is 14.7 Å². The van der Waals surface area contributed by atoms with Gasteiger partial charge in [0.15, 0.2) is 6.10 Å². The van der Waals surface area contributed by atoms with Gasteiger partial charge in [-0.05, 0) is 70.1 Å². The molecule has 0 radical (unpaired) electrons. The third kappa shape index (κ3) is 2.43. The fourth-order valence-electron chi connectivity index (χ4n) is 5.34. The van der Waals surface area contributed by atoms with E-state index in [4.69, 9.17) is 4.74 Å². The van der Waals surface area contributed by atoms with Crippen molar-refractivity contribution in [3.8, 4) is 0 Å². The Labute approximate surface area is 130 Å². The summed E-state index contributed by atoms with van der Waals surface area (Å²) in [7, 11) is 0. The highest BCUT2D eigenvalue weighted by atomic mass is 16.5. The molecule has 2 unspecified atom stereocenters. The van der Waals surface area contributed by atoms with Gasteiger partial charge in [-0.2, -0.15) is 0 Å². The summed E-state index contributed by atoms with van der Waals surface area (Å²) in [6.07, 6.45) is 6.25. The average Bonchev–Trinajstić information content (AvgIpc) is 3.19. The molecule has 1 amide bonds. The number of esters is 1. The maximum Gasteiger partial charge on any atom is 0.312 e. The Kier molecular flexibility index (Phi) is 3.09. The number of carbonyl (C=O) groups excluding carboxylic acids is 2. The van der Waals surface area contributed by atoms with Crippen LogP contribution < -0.4 is 5.32 Å². The molecule has 22 heavy (non-hydrogen) atoms. The molecule has 4 bridgehead atoms. The minimum atomic E-state index is -0.740. The van der Waals surface area contributed by atoms with Crippen molar-refractivity contribution in [2.45, 2.75) is 76.0 Å². The summed E-state index contributed by atoms with van der Waals surface area (Å²) >= 11 is 0. The summed E-state index contributed by atoms with van der Waals surface area (Å²) in [6.45, 7) is 1.64. The third-order valence-electron chi connectivity index (χ3n) is 6.04. The lowest BCUT2D eigenvalue weighted by Crippen LogP contribution is -2.59. The molecule has 0 heterocycles. The SMILES string of the molecule is C[C@@H](OC(=O)C12C[C@@H]3C[C@@H](CC(O)(C3)C1)C2)C(=O)NC1CC1. The van der Waals surface area contributed by atoms with Crippen molar-refractivity contribution in [2.75, 3.05) is 0 Å². The van der Waals surface area contributed by atoms with Gasteiger partial charge < -0.3 is 15.2 Å². The normalized spacial score (nSPS) is 43.7. The Balaban J connectivity index is 1.44. The lowest BCUT2D eigenvalue weighted by molar-refractivity contribution is -0.200. The first-order valence-corrected chi connectivity index (χ1v) is 8.61. The van der Waals surface area contributed by atoms with Crippen molar-refractivity contribution in [2.24, 2.45) is 17.3 Å². The molecule has 5 heteroatoms. The smallest absolute Gasteiger partial charge is 0.312 e. The van der Waals surface area contributed by atoms with Crippen molar-refractivity contribution in [3.05, 3.63) is 0 Å². The molecule has 0 aromatic rings. The second-order valence-corrected chi connectivity index (χ2v) is 8.30. The van der Waals surface area contributed by atoms with Crippen LogP contribution in [0, 0.1) is 17.3 Å². The van der Waals surface area contributed by atoms with E-state index >= 15 is 0 Å². The largest absolute Gasteiger partial charge is 0.452 e. The van der Waals surface area contributed by atoms with Crippen LogP contribution in [-0.2, 0) is 14.3 Å². The number of nitrogens with one attached hydrogen (secondary N) is 1. The van der Waals surface area contributed by atoms with Crippen LogP contribution in [0.2, 0.25) is 0 Å². The van der Waals surface area contributed by atoms with E-state index in [1.807, 2.05) is 0 Å². The van der Waals surface area contributed by atoms with Gasteiger partial charge in [-0.15, -0.1) is 0 Å². The Morgan fingerprint density at radius 3 is 2.36 bits per heavy atom. The number of carbonyl (C=O) groups is 2. The van der Waals surface area contributed by atoms with E-state index in [2.05, 4.69) is 5.32 Å². The van der Waals surface area contributed by atoms with Crippen LogP contribution in [0.1, 0.15) is 58.3 Å². The lowest BCUT2D eigenvalue weighted by atomic mass is 9.48. The molecular formula is C17H25NO4. The van der Waals surface area contributed by atoms with Gasteiger partial charge >= 0.3 is 5.97 Å². The molecular weight excluding hydrogens is 282 g/mol. The van der Waals surface area contributed by atoms with Gasteiger partial charge in [-0.3, -0.25) is 9.59 Å². The molecule has 5 fully saturated rings. The minimum Gasteiger partial charge on any atom is -0.452 e. The van der Waals surface area contributed by atoms with Crippen molar-refractivity contribution in [3.63, 3.8) is 0 Å². The predicted octanol–water partition coefficient (Wildman–Crippen LogP) is 1.53. The highest BCUT2D eigenvalue weighted by Crippen LogP contribution is 2.62. The molecule has 0 spiro atoms. The predicted molar refractivity (Wildman–Crippen MR) is 78.8 cm³/mol. The van der Waals surface area contributed by atoms with E-state index in [1.54, 1.807) is 6.92 Å². The zero-order chi connectivity index (χ0) is 15.5. The number of ether oxygens (including phenoxy) is 1. The summed E-state index contributed by atoms with van der Waals surface area (Å²) < 4.78 is 5.51. The van der Waals surface area contributed by atoms with E-state index in [0.29, 0.717) is 18.3 Å². The van der Waals surface area contributed by atoms with Gasteiger partial charge in [0.2, 0.25) is 0 Å². The topological polar surface area (TPSA) is 75.6 Å². The van der Waals surface area contributed by atoms with E-state index < -0.39 is 17.1 Å². The first kappa shape index (κ1) is 14.5. The Morgan fingerprint density at radius 2 is 1.82 bits per heavy atom. The number of aliphatic hydroxyl groups is 1. The molecule has 5 atom stereocenters. The fourth-order valence-corrected chi connectivity index (χ4v) is 5.34. The number of rotatable bonds is 4. The summed E-state index contributed by atoms with van der Waals surface area (Å²) in [5, 5.41) is 13.6. The molecule has 5 aliphatic rings. The molecule has 5 rings (SSSR count). The van der Waals surface area contributed by atoms with Crippen LogP contribution >= 0.6 is 0 Å². The van der Waals surface area contributed by atoms with Crippen LogP contribution in [0.4, 0.5) is 0 Å². The van der Waals surface area contributed by atoms with Gasteiger partial charge in [0.25, 0.3) is 5.91 Å². The van der Waals surface area contributed by atoms with Gasteiger partial charge in [0.05, 0.1) is 11.0 Å². The molecule has 2 N–H and O–H groups in total. The molecule has 0 aromatic heterocycles. The first-order chi connectivity index (χ1) is 10.4. The average molecular weight is 307 g/mol. The number of amides is 1. The molecule has 5 nitrogen and oxygen atoms in total. The van der Waals surface area contributed by atoms with Gasteiger partial charge in [-0.1, -0.05) is 0 Å². The first-order valence-electron chi connectivity index (χ1n) is 8.61.